The summed E-state index contributed by atoms with van der Waals surface area (Å²) in [6.07, 6.45) is 8.36. The highest BCUT2D eigenvalue weighted by molar-refractivity contribution is 6.00. The fraction of sp³-hybridized carbons (Fsp3) is 0.182. The van der Waals surface area contributed by atoms with Gasteiger partial charge in [0.05, 0.1) is 18.2 Å². The second-order valence-electron chi connectivity index (χ2n) is 17.3. The zero-order valence-corrected chi connectivity index (χ0v) is 33.2. The van der Waals surface area contributed by atoms with Crippen molar-refractivity contribution < 1.29 is 0 Å². The van der Waals surface area contributed by atoms with E-state index in [1.807, 2.05) is 78.9 Å². The van der Waals surface area contributed by atoms with Crippen LogP contribution in [0.4, 0.5) is 5.69 Å². The fourth-order valence-corrected chi connectivity index (χ4v) is 11.1. The highest BCUT2D eigenvalue weighted by Gasteiger charge is 2.51. The van der Waals surface area contributed by atoms with Crippen molar-refractivity contribution in [2.75, 3.05) is 0 Å². The molecule has 8 aromatic rings. The van der Waals surface area contributed by atoms with Gasteiger partial charge < -0.3 is 0 Å². The lowest BCUT2D eigenvalue weighted by molar-refractivity contribution is -0.00518. The molecule has 0 saturated heterocycles. The van der Waals surface area contributed by atoms with Crippen molar-refractivity contribution >= 4 is 16.5 Å². The number of rotatable bonds is 7. The molecule has 12 rings (SSSR count). The van der Waals surface area contributed by atoms with Crippen LogP contribution in [0.5, 0.6) is 0 Å². The first-order valence-electron chi connectivity index (χ1n) is 21.1. The molecule has 7 aromatic carbocycles. The minimum absolute atomic E-state index is 0.338. The van der Waals surface area contributed by atoms with Crippen LogP contribution in [-0.2, 0) is 5.41 Å². The van der Waals surface area contributed by atoms with Gasteiger partial charge in [0, 0.05) is 22.1 Å². The Morgan fingerprint density at radius 1 is 0.483 bits per heavy atom. The summed E-state index contributed by atoms with van der Waals surface area (Å²) in [6, 6.07) is 56.9. The van der Waals surface area contributed by atoms with Crippen LogP contribution < -0.4 is 0 Å². The van der Waals surface area contributed by atoms with Gasteiger partial charge in [-0.15, -0.1) is 0 Å². The first-order valence-corrected chi connectivity index (χ1v) is 21.1. The lowest BCUT2D eigenvalue weighted by Gasteiger charge is -2.57. The summed E-state index contributed by atoms with van der Waals surface area (Å²) in [4.78, 5) is 18.8. The summed E-state index contributed by atoms with van der Waals surface area (Å²) in [7, 11) is 0. The fourth-order valence-electron chi connectivity index (χ4n) is 11.1. The number of hydrogen-bond acceptors (Lipinski definition) is 4. The summed E-state index contributed by atoms with van der Waals surface area (Å²) in [6.45, 7) is 7.47. The molecule has 1 aromatic heterocycles. The van der Waals surface area contributed by atoms with E-state index in [0.29, 0.717) is 34.1 Å². The smallest absolute Gasteiger partial charge is 0.187 e. The molecule has 4 aliphatic carbocycles. The predicted molar refractivity (Wildman–Crippen MR) is 241 cm³/mol. The van der Waals surface area contributed by atoms with Gasteiger partial charge in [-0.2, -0.15) is 5.26 Å². The Labute approximate surface area is 350 Å². The monoisotopic (exact) mass is 771 g/mol. The molecule has 4 bridgehead atoms. The van der Waals surface area contributed by atoms with E-state index in [1.165, 1.54) is 49.7 Å². The quantitative estimate of drug-likeness (QED) is 0.151. The van der Waals surface area contributed by atoms with E-state index in [4.69, 9.17) is 21.5 Å². The van der Waals surface area contributed by atoms with E-state index in [1.54, 1.807) is 0 Å². The van der Waals surface area contributed by atoms with Gasteiger partial charge >= 0.3 is 0 Å². The number of benzene rings is 7. The van der Waals surface area contributed by atoms with Crippen LogP contribution >= 0.6 is 0 Å². The van der Waals surface area contributed by atoms with E-state index >= 15 is 0 Å². The van der Waals surface area contributed by atoms with Gasteiger partial charge in [-0.3, -0.25) is 0 Å². The maximum absolute atomic E-state index is 9.78. The molecule has 5 nitrogen and oxygen atoms in total. The Bertz CT molecular complexity index is 2970. The Morgan fingerprint density at radius 3 is 1.55 bits per heavy atom. The van der Waals surface area contributed by atoms with E-state index in [0.717, 1.165) is 73.0 Å². The summed E-state index contributed by atoms with van der Waals surface area (Å²) in [5.41, 5.74) is 12.3. The van der Waals surface area contributed by atoms with Crippen molar-refractivity contribution in [3.63, 3.8) is 0 Å². The first-order chi connectivity index (χ1) is 29.5. The van der Waals surface area contributed by atoms with Gasteiger partial charge in [-0.25, -0.2) is 19.8 Å². The largest absolute Gasteiger partial charge is 0.238 e. The normalized spacial score (nSPS) is 20.1. The molecule has 4 aliphatic rings. The van der Waals surface area contributed by atoms with Crippen LogP contribution in [0, 0.1) is 35.7 Å². The molecule has 0 atom stereocenters. The van der Waals surface area contributed by atoms with Crippen LogP contribution in [0.2, 0.25) is 0 Å². The Balaban J connectivity index is 1.04. The van der Waals surface area contributed by atoms with Gasteiger partial charge in [0.25, 0.3) is 0 Å². The molecule has 0 spiro atoms. The van der Waals surface area contributed by atoms with E-state index in [9.17, 15) is 5.26 Å². The van der Waals surface area contributed by atoms with Gasteiger partial charge in [-0.1, -0.05) is 133 Å². The minimum atomic E-state index is 0.338. The van der Waals surface area contributed by atoms with Crippen molar-refractivity contribution in [2.45, 2.75) is 43.9 Å². The van der Waals surface area contributed by atoms with Crippen LogP contribution in [0.15, 0.2) is 158 Å². The molecule has 0 N–H and O–H groups in total. The van der Waals surface area contributed by atoms with Gasteiger partial charge in [0.1, 0.15) is 0 Å². The molecule has 0 aliphatic heterocycles. The minimum Gasteiger partial charge on any atom is -0.238 e. The zero-order chi connectivity index (χ0) is 40.2. The molecule has 0 amide bonds. The Kier molecular flexibility index (Phi) is 8.72. The number of hydrogen-bond donors (Lipinski definition) is 0. The molecule has 0 radical (unpaired) electrons. The summed E-state index contributed by atoms with van der Waals surface area (Å²) in [5.74, 6) is 4.43. The number of nitrogens with zero attached hydrogens (tertiary/aromatic N) is 5. The second-order valence-corrected chi connectivity index (χ2v) is 17.3. The van der Waals surface area contributed by atoms with Crippen LogP contribution in [0.3, 0.4) is 0 Å². The third-order valence-corrected chi connectivity index (χ3v) is 13.6. The molecule has 5 heteroatoms. The van der Waals surface area contributed by atoms with Gasteiger partial charge in [0.15, 0.2) is 23.2 Å². The SMILES string of the molecule is [C-]#[N+]c1ccc(-c2nc(-c3ccccc3)nc(-c3cc(-c4ccc(-c5ccc(C#N)c6ccccc56)cc4)cc(-c4ccc(C56CC7CC(CC(C7)C5)C6)cc4)c3)n2)cc1. The van der Waals surface area contributed by atoms with Crippen LogP contribution in [-0.4, -0.2) is 15.0 Å². The van der Waals surface area contributed by atoms with Gasteiger partial charge in [-0.05, 0) is 130 Å². The molecule has 0 unspecified atom stereocenters. The van der Waals surface area contributed by atoms with E-state index in [2.05, 4.69) is 89.8 Å². The second kappa shape index (κ2) is 14.6. The lowest BCUT2D eigenvalue weighted by Crippen LogP contribution is -2.48. The average Bonchev–Trinajstić information content (AvgIpc) is 3.31. The van der Waals surface area contributed by atoms with E-state index in [-0.39, 0.29) is 0 Å². The highest BCUT2D eigenvalue weighted by Crippen LogP contribution is 2.60. The summed E-state index contributed by atoms with van der Waals surface area (Å²) >= 11 is 0. The van der Waals surface area contributed by atoms with Gasteiger partial charge in [0.2, 0.25) is 0 Å². The molecule has 286 valence electrons. The molecule has 4 saturated carbocycles. The topological polar surface area (TPSA) is 66.8 Å². The summed E-state index contributed by atoms with van der Waals surface area (Å²) in [5, 5.41) is 11.8. The number of fused-ring (bicyclic) bond motifs is 1. The molecule has 1 heterocycles. The average molecular weight is 772 g/mol. The Hall–Kier alpha value is -7.21. The standard InChI is InChI=1S/C55H41N5/c1-57-48-22-17-42(18-23-48)53-58-52(41-7-3-2-4-8-41)59-54(60-53)46-29-44(38-11-13-40(14-12-38)50-24-19-43(34-56)49-9-5-6-10-51(49)50)28-45(30-46)39-15-20-47(21-16-39)55-31-35-25-36(32-55)27-37(26-35)33-55/h2-24,28-30,35-37H,25-27,31-33H2. The molecule has 4 fully saturated rings. The van der Waals surface area contributed by atoms with Crippen molar-refractivity contribution in [1.82, 2.24) is 15.0 Å². The van der Waals surface area contributed by atoms with E-state index < -0.39 is 0 Å². The molecular formula is C55H41N5. The number of nitriles is 1. The van der Waals surface area contributed by atoms with Crippen LogP contribution in [0.25, 0.3) is 83.2 Å². The van der Waals surface area contributed by atoms with Crippen molar-refractivity contribution in [3.05, 3.63) is 180 Å². The van der Waals surface area contributed by atoms with Crippen molar-refractivity contribution in [2.24, 2.45) is 17.8 Å². The van der Waals surface area contributed by atoms with Crippen molar-refractivity contribution in [3.8, 4) is 73.6 Å². The third-order valence-electron chi connectivity index (χ3n) is 13.6. The van der Waals surface area contributed by atoms with Crippen LogP contribution in [0.1, 0.15) is 49.7 Å². The maximum atomic E-state index is 9.78. The zero-order valence-electron chi connectivity index (χ0n) is 33.2. The maximum Gasteiger partial charge on any atom is 0.187 e. The van der Waals surface area contributed by atoms with Crippen molar-refractivity contribution in [1.29, 1.82) is 5.26 Å². The summed E-state index contributed by atoms with van der Waals surface area (Å²) < 4.78 is 0. The lowest BCUT2D eigenvalue weighted by atomic mass is 9.48. The Morgan fingerprint density at radius 2 is 0.967 bits per heavy atom. The number of aromatic nitrogens is 3. The molecule has 60 heavy (non-hydrogen) atoms. The predicted octanol–water partition coefficient (Wildman–Crippen LogP) is 13.9. The third kappa shape index (κ3) is 6.44. The highest BCUT2D eigenvalue weighted by atomic mass is 15.0. The first kappa shape index (κ1) is 35.9. The molecular weight excluding hydrogens is 731 g/mol.